The smallest absolute Gasteiger partial charge is 0.412 e. The van der Waals surface area contributed by atoms with Gasteiger partial charge in [0.25, 0.3) is 0 Å². The van der Waals surface area contributed by atoms with E-state index in [9.17, 15) is 14.0 Å². The van der Waals surface area contributed by atoms with Gasteiger partial charge in [0.1, 0.15) is 11.4 Å². The lowest BCUT2D eigenvalue weighted by molar-refractivity contribution is 0.0636. The fraction of sp³-hybridized carbons (Fsp3) is 0.333. The molecule has 0 bridgehead atoms. The fourth-order valence-corrected chi connectivity index (χ4v) is 2.53. The van der Waals surface area contributed by atoms with Gasteiger partial charge in [-0.15, -0.1) is 0 Å². The second-order valence-electron chi connectivity index (χ2n) is 7.21. The molecule has 2 aromatic rings. The molecule has 0 saturated heterocycles. The van der Waals surface area contributed by atoms with Crippen molar-refractivity contribution in [3.8, 4) is 0 Å². The maximum Gasteiger partial charge on any atom is 0.412 e. The first kappa shape index (κ1) is 19.6. The molecule has 0 aliphatic heterocycles. The van der Waals surface area contributed by atoms with Crippen molar-refractivity contribution in [1.82, 2.24) is 0 Å². The Hall–Kier alpha value is -2.69. The first-order valence-electron chi connectivity index (χ1n) is 8.51. The Morgan fingerprint density at radius 1 is 1.12 bits per heavy atom. The van der Waals surface area contributed by atoms with Crippen molar-refractivity contribution in [2.75, 3.05) is 5.32 Å². The lowest BCUT2D eigenvalue weighted by Crippen LogP contribution is -2.27. The molecule has 0 aliphatic rings. The van der Waals surface area contributed by atoms with Crippen LogP contribution in [0.5, 0.6) is 0 Å². The fourth-order valence-electron chi connectivity index (χ4n) is 2.53. The highest BCUT2D eigenvalue weighted by atomic mass is 19.1. The number of aldehydes is 1. The number of anilines is 1. The van der Waals surface area contributed by atoms with Crippen molar-refractivity contribution < 1.29 is 18.7 Å². The summed E-state index contributed by atoms with van der Waals surface area (Å²) >= 11 is 0. The molecule has 0 heterocycles. The molecule has 138 valence electrons. The van der Waals surface area contributed by atoms with Crippen LogP contribution >= 0.6 is 0 Å². The number of aryl methyl sites for hydroxylation is 3. The zero-order valence-electron chi connectivity index (χ0n) is 15.6. The summed E-state index contributed by atoms with van der Waals surface area (Å²) in [5.41, 5.74) is 2.37. The Labute approximate surface area is 153 Å². The third-order valence-corrected chi connectivity index (χ3v) is 3.88. The molecule has 5 heteroatoms. The molecule has 0 atom stereocenters. The minimum atomic E-state index is -0.553. The number of nitrogens with one attached hydrogen (secondary N) is 1. The van der Waals surface area contributed by atoms with Crippen LogP contribution in [0.3, 0.4) is 0 Å². The van der Waals surface area contributed by atoms with E-state index in [1.165, 1.54) is 0 Å². The monoisotopic (exact) mass is 357 g/mol. The van der Waals surface area contributed by atoms with E-state index in [2.05, 4.69) is 5.32 Å². The molecule has 2 aromatic carbocycles. The van der Waals surface area contributed by atoms with E-state index in [-0.39, 0.29) is 5.56 Å². The summed E-state index contributed by atoms with van der Waals surface area (Å²) in [6.07, 6.45) is 1.18. The van der Waals surface area contributed by atoms with Crippen molar-refractivity contribution in [3.05, 3.63) is 64.5 Å². The average molecular weight is 357 g/mol. The quantitative estimate of drug-likeness (QED) is 0.759. The van der Waals surface area contributed by atoms with E-state index in [4.69, 9.17) is 4.74 Å². The van der Waals surface area contributed by atoms with Crippen LogP contribution in [-0.2, 0) is 17.6 Å². The maximum atomic E-state index is 14.3. The van der Waals surface area contributed by atoms with Gasteiger partial charge in [-0.25, -0.2) is 9.18 Å². The van der Waals surface area contributed by atoms with Gasteiger partial charge in [0.15, 0.2) is 6.29 Å². The van der Waals surface area contributed by atoms with Gasteiger partial charge in [-0.05, 0) is 69.4 Å². The summed E-state index contributed by atoms with van der Waals surface area (Å²) in [5, 5.41) is 2.67. The second kappa shape index (κ2) is 8.13. The zero-order chi connectivity index (χ0) is 19.3. The van der Waals surface area contributed by atoms with Crippen molar-refractivity contribution in [2.45, 2.75) is 46.1 Å². The van der Waals surface area contributed by atoms with Gasteiger partial charge in [-0.2, -0.15) is 0 Å². The number of amides is 1. The van der Waals surface area contributed by atoms with Crippen molar-refractivity contribution in [3.63, 3.8) is 0 Å². The minimum Gasteiger partial charge on any atom is -0.444 e. The van der Waals surface area contributed by atoms with E-state index in [1.54, 1.807) is 52.0 Å². The molecular weight excluding hydrogens is 333 g/mol. The van der Waals surface area contributed by atoms with Crippen LogP contribution in [0.2, 0.25) is 0 Å². The third kappa shape index (κ3) is 5.41. The molecule has 0 fully saturated rings. The van der Waals surface area contributed by atoms with Crippen LogP contribution in [0.15, 0.2) is 36.4 Å². The third-order valence-electron chi connectivity index (χ3n) is 3.88. The van der Waals surface area contributed by atoms with Crippen molar-refractivity contribution in [1.29, 1.82) is 0 Å². The second-order valence-corrected chi connectivity index (χ2v) is 7.21. The van der Waals surface area contributed by atoms with E-state index in [1.807, 2.05) is 12.1 Å². The van der Waals surface area contributed by atoms with Gasteiger partial charge in [0.2, 0.25) is 0 Å². The molecule has 2 rings (SSSR count). The highest BCUT2D eigenvalue weighted by Gasteiger charge is 2.16. The van der Waals surface area contributed by atoms with E-state index in [0.29, 0.717) is 35.9 Å². The van der Waals surface area contributed by atoms with Crippen LogP contribution < -0.4 is 5.32 Å². The van der Waals surface area contributed by atoms with Gasteiger partial charge in [-0.3, -0.25) is 10.1 Å². The molecule has 0 spiro atoms. The van der Waals surface area contributed by atoms with Crippen LogP contribution in [0, 0.1) is 12.7 Å². The summed E-state index contributed by atoms with van der Waals surface area (Å²) in [5.74, 6) is -0.441. The number of halogens is 1. The van der Waals surface area contributed by atoms with Crippen LogP contribution in [0.25, 0.3) is 0 Å². The number of benzene rings is 2. The molecule has 0 aliphatic carbocycles. The number of hydrogen-bond donors (Lipinski definition) is 1. The molecule has 0 aromatic heterocycles. The van der Waals surface area contributed by atoms with Gasteiger partial charge < -0.3 is 4.74 Å². The number of rotatable bonds is 5. The highest BCUT2D eigenvalue weighted by molar-refractivity contribution is 5.84. The Balaban J connectivity index is 1.98. The number of carbonyl (C=O) groups is 2. The summed E-state index contributed by atoms with van der Waals surface area (Å²) in [4.78, 5) is 22.7. The van der Waals surface area contributed by atoms with Gasteiger partial charge in [-0.1, -0.05) is 24.3 Å². The maximum absolute atomic E-state index is 14.3. The molecule has 26 heavy (non-hydrogen) atoms. The number of carbonyl (C=O) groups excluding carboxylic acids is 2. The SMILES string of the molecule is Cc1ccc(CCc2ccc(NC(=O)OC(C)(C)C)cc2)c(F)c1C=O. The highest BCUT2D eigenvalue weighted by Crippen LogP contribution is 2.19. The first-order chi connectivity index (χ1) is 12.2. The van der Waals surface area contributed by atoms with E-state index in [0.717, 1.165) is 5.56 Å². The standard InChI is InChI=1S/C21H24FNO3/c1-14-5-9-16(19(22)18(14)13-24)10-6-15-7-11-17(12-8-15)23-20(25)26-21(2,3)4/h5,7-9,11-13H,6,10H2,1-4H3,(H,23,25). The van der Waals surface area contributed by atoms with Gasteiger partial charge >= 0.3 is 6.09 Å². The number of hydrogen-bond acceptors (Lipinski definition) is 3. The normalized spacial score (nSPS) is 11.1. The Bertz CT molecular complexity index is 792. The molecule has 0 saturated carbocycles. The Morgan fingerprint density at radius 3 is 2.35 bits per heavy atom. The number of ether oxygens (including phenoxy) is 1. The van der Waals surface area contributed by atoms with E-state index < -0.39 is 17.5 Å². The summed E-state index contributed by atoms with van der Waals surface area (Å²) < 4.78 is 19.5. The van der Waals surface area contributed by atoms with Gasteiger partial charge in [0.05, 0.1) is 5.56 Å². The summed E-state index contributed by atoms with van der Waals surface area (Å²) in [6, 6.07) is 10.8. The molecule has 4 nitrogen and oxygen atoms in total. The average Bonchev–Trinajstić information content (AvgIpc) is 2.54. The van der Waals surface area contributed by atoms with Gasteiger partial charge in [0, 0.05) is 5.69 Å². The molecule has 0 radical (unpaired) electrons. The van der Waals surface area contributed by atoms with Crippen LogP contribution in [0.1, 0.15) is 47.8 Å². The van der Waals surface area contributed by atoms with Crippen molar-refractivity contribution in [2.24, 2.45) is 0 Å². The lowest BCUT2D eigenvalue weighted by atomic mass is 9.99. The lowest BCUT2D eigenvalue weighted by Gasteiger charge is -2.19. The Morgan fingerprint density at radius 2 is 1.77 bits per heavy atom. The predicted molar refractivity (Wildman–Crippen MR) is 100 cm³/mol. The summed E-state index contributed by atoms with van der Waals surface area (Å²) in [6.45, 7) is 7.12. The molecule has 0 unspecified atom stereocenters. The van der Waals surface area contributed by atoms with Crippen molar-refractivity contribution >= 4 is 18.1 Å². The van der Waals surface area contributed by atoms with E-state index >= 15 is 0 Å². The zero-order valence-corrected chi connectivity index (χ0v) is 15.6. The van der Waals surface area contributed by atoms with Crippen LogP contribution in [-0.4, -0.2) is 18.0 Å². The summed E-state index contributed by atoms with van der Waals surface area (Å²) in [7, 11) is 0. The topological polar surface area (TPSA) is 55.4 Å². The largest absolute Gasteiger partial charge is 0.444 e. The Kier molecular flexibility index (Phi) is 6.14. The first-order valence-corrected chi connectivity index (χ1v) is 8.51. The molecule has 1 N–H and O–H groups in total. The minimum absolute atomic E-state index is 0.124. The van der Waals surface area contributed by atoms with Crippen LogP contribution in [0.4, 0.5) is 14.9 Å². The molecule has 1 amide bonds. The predicted octanol–water partition coefficient (Wildman–Crippen LogP) is 5.08. The molecular formula is C21H24FNO3.